The average molecular weight is 1320 g/mol. The van der Waals surface area contributed by atoms with Crippen LogP contribution in [0.4, 0.5) is 0 Å². The van der Waals surface area contributed by atoms with Crippen molar-refractivity contribution in [1.29, 1.82) is 0 Å². The summed E-state index contributed by atoms with van der Waals surface area (Å²) in [5.41, 5.74) is 0. The highest BCUT2D eigenvalue weighted by Crippen LogP contribution is 2.38. The summed E-state index contributed by atoms with van der Waals surface area (Å²) in [4.78, 5) is 49.6. The monoisotopic (exact) mass is 1310 g/mol. The van der Waals surface area contributed by atoms with Gasteiger partial charge < -0.3 is 175 Å². The van der Waals surface area contributed by atoms with Crippen molar-refractivity contribution >= 4 is 23.6 Å². The van der Waals surface area contributed by atoms with Gasteiger partial charge in [0.25, 0.3) is 0 Å². The van der Waals surface area contributed by atoms with Gasteiger partial charge in [0.2, 0.25) is 23.6 Å². The zero-order valence-corrected chi connectivity index (χ0v) is 49.1. The van der Waals surface area contributed by atoms with Crippen molar-refractivity contribution in [2.24, 2.45) is 0 Å². The van der Waals surface area contributed by atoms with Gasteiger partial charge in [-0.1, -0.05) is 0 Å². The Balaban J connectivity index is 1.06. The third-order valence-corrected chi connectivity index (χ3v) is 16.4. The Hall–Kier alpha value is -3.36. The van der Waals surface area contributed by atoms with Gasteiger partial charge in [-0.15, -0.1) is 0 Å². The summed E-state index contributed by atoms with van der Waals surface area (Å²) in [5.74, 6) is -3.00. The van der Waals surface area contributed by atoms with E-state index in [9.17, 15) is 111 Å². The maximum atomic E-state index is 12.8. The number of amides is 4. The molecule has 15 unspecified atom stereocenters. The summed E-state index contributed by atoms with van der Waals surface area (Å²) in [7, 11) is 0. The first-order valence-corrected chi connectivity index (χ1v) is 28.9. The summed E-state index contributed by atoms with van der Waals surface area (Å²) >= 11 is 0. The van der Waals surface area contributed by atoms with Gasteiger partial charge in [-0.3, -0.25) is 19.2 Å². The summed E-state index contributed by atoms with van der Waals surface area (Å²) in [6.07, 6.45) is -57.1. The molecule has 0 saturated carbocycles. The second-order valence-electron chi connectivity index (χ2n) is 22.9. The van der Waals surface area contributed by atoms with Crippen LogP contribution in [0.25, 0.3) is 0 Å². The molecule has 7 saturated heterocycles. The third kappa shape index (κ3) is 16.5. The minimum Gasteiger partial charge on any atom is -0.394 e. The van der Waals surface area contributed by atoms with Crippen molar-refractivity contribution in [3.63, 3.8) is 0 Å². The molecule has 0 aromatic heterocycles. The van der Waals surface area contributed by atoms with E-state index in [4.69, 9.17) is 61.6 Å². The lowest BCUT2D eigenvalue weighted by Crippen LogP contribution is -2.71. The fourth-order valence-corrected chi connectivity index (χ4v) is 11.8. The number of hydrogen-bond donors (Lipinski definition) is 22. The highest BCUT2D eigenvalue weighted by molar-refractivity contribution is 5.74. The maximum Gasteiger partial charge on any atom is 0.217 e. The van der Waals surface area contributed by atoms with Gasteiger partial charge in [0.15, 0.2) is 37.7 Å². The van der Waals surface area contributed by atoms with Crippen molar-refractivity contribution in [3.05, 3.63) is 0 Å². The molecule has 0 spiro atoms. The number of aliphatic hydroxyl groups excluding tert-OH is 18. The van der Waals surface area contributed by atoms with Crippen LogP contribution in [0.3, 0.4) is 0 Å². The lowest BCUT2D eigenvalue weighted by Gasteiger charge is -2.51. The predicted octanol–water partition coefficient (Wildman–Crippen LogP) is -14.6. The number of ether oxygens (including phenoxy) is 13. The second-order valence-corrected chi connectivity index (χ2v) is 22.9. The summed E-state index contributed by atoms with van der Waals surface area (Å²) in [6, 6.07) is -6.21. The summed E-state index contributed by atoms with van der Waals surface area (Å²) in [5, 5.41) is 207. The van der Waals surface area contributed by atoms with Gasteiger partial charge in [-0.05, 0) is 6.92 Å². The smallest absolute Gasteiger partial charge is 0.217 e. The Morgan fingerprint density at radius 3 is 0.944 bits per heavy atom. The fraction of sp³-hybridized carbons (Fsp3) is 0.922. The molecule has 7 aliphatic heterocycles. The molecule has 39 heteroatoms. The van der Waals surface area contributed by atoms with Crippen LogP contribution in [0, 0.1) is 0 Å². The Kier molecular flexibility index (Phi) is 26.6. The van der Waals surface area contributed by atoms with Crippen LogP contribution in [0.2, 0.25) is 0 Å². The first-order valence-electron chi connectivity index (χ1n) is 28.9. The molecule has 35 atom stereocenters. The molecule has 0 aliphatic carbocycles. The van der Waals surface area contributed by atoms with Crippen LogP contribution < -0.4 is 21.3 Å². The largest absolute Gasteiger partial charge is 0.394 e. The molecule has 7 fully saturated rings. The van der Waals surface area contributed by atoms with E-state index in [0.29, 0.717) is 0 Å². The van der Waals surface area contributed by atoms with E-state index in [0.717, 1.165) is 20.8 Å². The van der Waals surface area contributed by atoms with Crippen LogP contribution >= 0.6 is 0 Å². The van der Waals surface area contributed by atoms with Crippen molar-refractivity contribution in [1.82, 2.24) is 21.3 Å². The summed E-state index contributed by atoms with van der Waals surface area (Å²) < 4.78 is 75.9. The molecule has 7 aliphatic rings. The van der Waals surface area contributed by atoms with Crippen LogP contribution in [0.5, 0.6) is 0 Å². The van der Waals surface area contributed by atoms with Crippen LogP contribution in [-0.2, 0) is 80.8 Å². The van der Waals surface area contributed by atoms with E-state index in [1.807, 2.05) is 0 Å². The quantitative estimate of drug-likeness (QED) is 0.0452. The van der Waals surface area contributed by atoms with Crippen LogP contribution in [0.15, 0.2) is 0 Å². The van der Waals surface area contributed by atoms with Gasteiger partial charge in [0.1, 0.15) is 165 Å². The Bertz CT molecular complexity index is 2310. The van der Waals surface area contributed by atoms with Crippen LogP contribution in [-0.4, -0.2) is 376 Å². The molecule has 7 rings (SSSR count). The molecule has 90 heavy (non-hydrogen) atoms. The first kappa shape index (κ1) is 74.0. The molecular weight excluding hydrogens is 1230 g/mol. The fourth-order valence-electron chi connectivity index (χ4n) is 11.8. The molecule has 22 N–H and O–H groups in total. The standard InChI is InChI=1S/C51H86N4O35/c1-13-25(52-14(2)62)33(70)30(67)24(79-13)12-78-46-26(53-15(3)63)34(71)41(21(9-59)83-46)87-50-39(76)44(31(68)19(7-57)81-50)90-48-28(55-17(5)65)36(73)43(23(11-61)85-48)88-51-40(77)45(32(69)20(8-58)82-51)89-47-27(54-16(4)64)35(72)42(22(10-60)84-47)86-49-38(75)37(74)29(66)18(6-56)80-49/h13,18-51,56-61,66-77H,6-12H2,1-5H3,(H,52,62)(H,53,63)(H,54,64)(H,55,65)/t13?,18?,19?,20?,21?,22?,23?,24?,25?,26?,27?,28?,29-,30-,31-,32-,33+,34+,35+,36+,37-,38?,39?,40?,41+,42+,43+,44-,45-,46+,47-,48-,49-,50-,51-/m0/s1. The molecule has 0 aromatic carbocycles. The number of carbonyl (C=O) groups excluding carboxylic acids is 4. The molecular formula is C51H86N4O35. The predicted molar refractivity (Wildman–Crippen MR) is 282 cm³/mol. The Labute approximate surface area is 512 Å². The van der Waals surface area contributed by atoms with E-state index in [-0.39, 0.29) is 0 Å². The Morgan fingerprint density at radius 1 is 0.300 bits per heavy atom. The van der Waals surface area contributed by atoms with Gasteiger partial charge in [-0.2, -0.15) is 0 Å². The van der Waals surface area contributed by atoms with Gasteiger partial charge in [0.05, 0.1) is 58.4 Å². The average Bonchev–Trinajstić information content (AvgIpc) is 0.820. The molecule has 39 nitrogen and oxygen atoms in total. The van der Waals surface area contributed by atoms with Crippen molar-refractivity contribution in [2.45, 2.75) is 249 Å². The minimum absolute atomic E-state index is 0.513. The second kappa shape index (κ2) is 32.4. The highest BCUT2D eigenvalue weighted by atomic mass is 16.8. The van der Waals surface area contributed by atoms with E-state index in [1.54, 1.807) is 0 Å². The van der Waals surface area contributed by atoms with Crippen molar-refractivity contribution in [2.75, 3.05) is 46.2 Å². The highest BCUT2D eigenvalue weighted by Gasteiger charge is 2.59. The maximum absolute atomic E-state index is 12.8. The molecule has 0 radical (unpaired) electrons. The molecule has 520 valence electrons. The van der Waals surface area contributed by atoms with E-state index in [2.05, 4.69) is 21.3 Å². The molecule has 4 amide bonds. The summed E-state index contributed by atoms with van der Waals surface area (Å²) in [6.45, 7) is -0.835. The molecule has 0 bridgehead atoms. The van der Waals surface area contributed by atoms with Crippen molar-refractivity contribution in [3.8, 4) is 0 Å². The van der Waals surface area contributed by atoms with E-state index >= 15 is 0 Å². The normalized spacial score (nSPS) is 47.6. The number of aliphatic hydroxyl groups is 18. The lowest BCUT2D eigenvalue weighted by atomic mass is 9.93. The van der Waals surface area contributed by atoms with Gasteiger partial charge in [0, 0.05) is 27.7 Å². The zero-order valence-electron chi connectivity index (χ0n) is 49.1. The zero-order chi connectivity index (χ0) is 66.5. The third-order valence-electron chi connectivity index (χ3n) is 16.4. The van der Waals surface area contributed by atoms with Gasteiger partial charge in [-0.25, -0.2) is 0 Å². The van der Waals surface area contributed by atoms with Crippen molar-refractivity contribution < 1.29 is 173 Å². The van der Waals surface area contributed by atoms with E-state index in [1.165, 1.54) is 13.8 Å². The number of rotatable bonds is 23. The number of carbonyl (C=O) groups is 4. The van der Waals surface area contributed by atoms with E-state index < -0.39 is 284 Å². The number of hydrogen-bond acceptors (Lipinski definition) is 35. The number of nitrogens with one attached hydrogen (secondary N) is 4. The van der Waals surface area contributed by atoms with Crippen LogP contribution in [0.1, 0.15) is 34.6 Å². The molecule has 7 heterocycles. The lowest BCUT2D eigenvalue weighted by molar-refractivity contribution is -0.386. The van der Waals surface area contributed by atoms with Gasteiger partial charge >= 0.3 is 0 Å². The minimum atomic E-state index is -2.25. The Morgan fingerprint density at radius 2 is 0.589 bits per heavy atom. The SMILES string of the molecule is CC(=O)NC1[C@H](O[C@@H]2C(O)[C@H](O[C@@H]3C(CO)O[C@@H](O[C@@H]4C(O)[C@H](O[C@@H]5C(CO)O[C@@H](OCC6OC(C)C(NC(C)=O)[C@@H](O)[C@H]6O)C(NC(C)=O)[C@H]5O)OC(CO)[C@@H]4O)C(NC(C)=O)[C@H]3O)OC(CO)[C@@H]2O)OC(CO)[C@@H](O[C@@H]2OC(CO)[C@H](O)[C@H](O)C2O)[C@@H]1O. The first-order chi connectivity index (χ1) is 42.5. The topological polar surface area (TPSA) is 601 Å². The molecule has 0 aromatic rings.